The summed E-state index contributed by atoms with van der Waals surface area (Å²) in [5.41, 5.74) is 0.580. The minimum Gasteiger partial charge on any atom is -0.411 e. The summed E-state index contributed by atoms with van der Waals surface area (Å²) in [6, 6.07) is 5.74. The summed E-state index contributed by atoms with van der Waals surface area (Å²) in [4.78, 5) is 9.94. The van der Waals surface area contributed by atoms with Gasteiger partial charge in [0, 0.05) is 17.7 Å². The first-order valence-corrected chi connectivity index (χ1v) is 4.33. The molecule has 2 aromatic rings. The van der Waals surface area contributed by atoms with Crippen molar-refractivity contribution in [2.24, 2.45) is 0 Å². The third-order valence-corrected chi connectivity index (χ3v) is 1.90. The van der Waals surface area contributed by atoms with Gasteiger partial charge in [-0.05, 0) is 12.1 Å². The molecule has 0 fully saturated rings. The van der Waals surface area contributed by atoms with Gasteiger partial charge in [-0.15, -0.1) is 10.2 Å². The standard InChI is InChI=1S/C8H5N3O3S/c12-11(13)6-3-1-5(2-4-6)7-9-10-8(15)14-7/h1-4H,(H,10,15)/i/hD. The molecule has 0 radical (unpaired) electrons. The van der Waals surface area contributed by atoms with Crippen LogP contribution in [0.5, 0.6) is 0 Å². The molecule has 1 aromatic carbocycles. The van der Waals surface area contributed by atoms with Crippen molar-refractivity contribution in [3.8, 4) is 11.5 Å². The minimum atomic E-state index is -0.483. The van der Waals surface area contributed by atoms with Crippen LogP contribution in [0, 0.1) is 10.1 Å². The molecular formula is C8H5N3O3S. The van der Waals surface area contributed by atoms with Crippen LogP contribution in [0.25, 0.3) is 11.5 Å². The van der Waals surface area contributed by atoms with E-state index < -0.39 is 4.92 Å². The van der Waals surface area contributed by atoms with Gasteiger partial charge in [0.05, 0.1) is 4.92 Å². The van der Waals surface area contributed by atoms with Crippen molar-refractivity contribution < 1.29 is 9.34 Å². The molecule has 6 nitrogen and oxygen atoms in total. The highest BCUT2D eigenvalue weighted by Gasteiger charge is 2.09. The van der Waals surface area contributed by atoms with Gasteiger partial charge in [-0.2, -0.15) is 0 Å². The highest BCUT2D eigenvalue weighted by atomic mass is 32.1. The largest absolute Gasteiger partial charge is 0.411 e. The first-order chi connectivity index (χ1) is 7.70. The quantitative estimate of drug-likeness (QED) is 0.489. The van der Waals surface area contributed by atoms with Gasteiger partial charge in [-0.25, -0.2) is 0 Å². The minimum absolute atomic E-state index is 0.00152. The number of nitrogens with zero attached hydrogens (tertiary/aromatic N) is 3. The van der Waals surface area contributed by atoms with Crippen molar-refractivity contribution in [1.82, 2.24) is 10.2 Å². The molecule has 76 valence electrons. The topological polar surface area (TPSA) is 82.1 Å². The maximum absolute atomic E-state index is 10.4. The van der Waals surface area contributed by atoms with E-state index in [9.17, 15) is 10.1 Å². The molecule has 7 heteroatoms. The first kappa shape index (κ1) is 8.42. The number of hydrogen-bond acceptors (Lipinski definition) is 6. The van der Waals surface area contributed by atoms with Crippen LogP contribution in [-0.4, -0.2) is 16.2 Å². The van der Waals surface area contributed by atoms with Crippen LogP contribution < -0.4 is 0 Å². The third kappa shape index (κ3) is 1.96. The van der Waals surface area contributed by atoms with E-state index in [1.54, 1.807) is 0 Å². The summed E-state index contributed by atoms with van der Waals surface area (Å²) in [6.45, 7) is 0. The lowest BCUT2D eigenvalue weighted by atomic mass is 10.2. The number of aromatic nitrogens is 2. The molecule has 1 aromatic heterocycles. The fourth-order valence-electron chi connectivity index (χ4n) is 1.05. The van der Waals surface area contributed by atoms with Crippen molar-refractivity contribution in [3.05, 3.63) is 34.4 Å². The second-order valence-electron chi connectivity index (χ2n) is 2.68. The number of rotatable bonds is 3. The molecule has 0 aliphatic carbocycles. The van der Waals surface area contributed by atoms with Crippen LogP contribution in [0.1, 0.15) is 0 Å². The van der Waals surface area contributed by atoms with E-state index in [0.717, 1.165) is 0 Å². The maximum Gasteiger partial charge on any atom is 0.273 e. The number of benzene rings is 1. The Morgan fingerprint density at radius 1 is 1.40 bits per heavy atom. The molecule has 0 atom stereocenters. The average molecular weight is 224 g/mol. The van der Waals surface area contributed by atoms with E-state index in [-0.39, 0.29) is 16.8 Å². The number of hydrogen-bond donors (Lipinski definition) is 1. The zero-order valence-corrected chi connectivity index (χ0v) is 8.10. The Morgan fingerprint density at radius 3 is 2.67 bits per heavy atom. The van der Waals surface area contributed by atoms with Gasteiger partial charge in [0.2, 0.25) is 5.89 Å². The SMILES string of the molecule is [2H]Sc1nnc(-c2ccc([N+](=O)[O-])cc2)o1. The Hall–Kier alpha value is -1.89. The van der Waals surface area contributed by atoms with Crippen molar-refractivity contribution in [2.75, 3.05) is 0 Å². The zero-order valence-electron chi connectivity index (χ0n) is 8.28. The predicted molar refractivity (Wildman–Crippen MR) is 53.6 cm³/mol. The van der Waals surface area contributed by atoms with E-state index >= 15 is 0 Å². The van der Waals surface area contributed by atoms with Crippen molar-refractivity contribution >= 4 is 18.2 Å². The van der Waals surface area contributed by atoms with Gasteiger partial charge in [-0.1, -0.05) is 12.5 Å². The summed E-state index contributed by atoms with van der Waals surface area (Å²) in [7, 11) is 0. The summed E-state index contributed by atoms with van der Waals surface area (Å²) >= 11 is 0.594. The second kappa shape index (κ2) is 3.70. The van der Waals surface area contributed by atoms with Gasteiger partial charge in [0.1, 0.15) is 1.12 Å². The third-order valence-electron chi connectivity index (χ3n) is 1.73. The molecule has 0 unspecified atom stereocenters. The van der Waals surface area contributed by atoms with Crippen molar-refractivity contribution in [2.45, 2.75) is 5.22 Å². The van der Waals surface area contributed by atoms with Crippen LogP contribution in [0.3, 0.4) is 0 Å². The average Bonchev–Trinajstić information content (AvgIpc) is 2.77. The van der Waals surface area contributed by atoms with Gasteiger partial charge < -0.3 is 4.42 Å². The van der Waals surface area contributed by atoms with E-state index in [0.29, 0.717) is 18.1 Å². The highest BCUT2D eigenvalue weighted by Crippen LogP contribution is 2.21. The summed E-state index contributed by atoms with van der Waals surface area (Å²) < 4.78 is 12.0. The molecular weight excluding hydrogens is 218 g/mol. The molecule has 0 aliphatic rings. The fourth-order valence-corrected chi connectivity index (χ4v) is 1.17. The van der Waals surface area contributed by atoms with Crippen LogP contribution >= 0.6 is 12.5 Å². The first-order valence-electron chi connectivity index (χ1n) is 4.33. The second-order valence-corrected chi connectivity index (χ2v) is 3.03. The number of nitro groups is 1. The lowest BCUT2D eigenvalue weighted by Gasteiger charge is -1.93. The molecule has 0 aliphatic heterocycles. The molecule has 0 saturated carbocycles. The van der Waals surface area contributed by atoms with E-state index in [1.807, 2.05) is 0 Å². The molecule has 0 saturated heterocycles. The number of nitro benzene ring substituents is 1. The Balaban J connectivity index is 2.30. The monoisotopic (exact) mass is 224 g/mol. The van der Waals surface area contributed by atoms with Gasteiger partial charge in [-0.3, -0.25) is 10.1 Å². The number of non-ortho nitro benzene ring substituents is 1. The van der Waals surface area contributed by atoms with E-state index in [4.69, 9.17) is 5.54 Å². The molecule has 1 heterocycles. The van der Waals surface area contributed by atoms with E-state index in [2.05, 4.69) is 10.2 Å². The summed E-state index contributed by atoms with van der Waals surface area (Å²) in [5.74, 6) is 0.240. The Kier molecular flexibility index (Phi) is 2.08. The lowest BCUT2D eigenvalue weighted by molar-refractivity contribution is -0.384. The van der Waals surface area contributed by atoms with Crippen molar-refractivity contribution in [3.63, 3.8) is 0 Å². The maximum atomic E-state index is 10.4. The Morgan fingerprint density at radius 2 is 2.13 bits per heavy atom. The van der Waals surface area contributed by atoms with Gasteiger partial charge >= 0.3 is 0 Å². The Bertz CT molecular complexity index is 514. The summed E-state index contributed by atoms with van der Waals surface area (Å²) in [6.07, 6.45) is 0. The van der Waals surface area contributed by atoms with Gasteiger partial charge in [0.15, 0.2) is 0 Å². The van der Waals surface area contributed by atoms with Crippen LogP contribution in [0.4, 0.5) is 5.69 Å². The van der Waals surface area contributed by atoms with Crippen molar-refractivity contribution in [1.29, 1.82) is 1.12 Å². The smallest absolute Gasteiger partial charge is 0.273 e. The van der Waals surface area contributed by atoms with Gasteiger partial charge in [0.25, 0.3) is 10.9 Å². The summed E-state index contributed by atoms with van der Waals surface area (Å²) in [5, 5.41) is 17.9. The predicted octanol–water partition coefficient (Wildman–Crippen LogP) is 1.93. The molecule has 15 heavy (non-hydrogen) atoms. The lowest BCUT2D eigenvalue weighted by Crippen LogP contribution is -1.87. The molecule has 0 amide bonds. The zero-order chi connectivity index (χ0) is 11.5. The normalized spacial score (nSPS) is 11.1. The molecule has 0 spiro atoms. The fraction of sp³-hybridized carbons (Fsp3) is 0. The molecule has 2 rings (SSSR count). The molecule has 0 N–H and O–H groups in total. The van der Waals surface area contributed by atoms with E-state index in [1.165, 1.54) is 24.3 Å². The van der Waals surface area contributed by atoms with Crippen LogP contribution in [-0.2, 0) is 0 Å². The van der Waals surface area contributed by atoms with Crippen LogP contribution in [0.2, 0.25) is 0 Å². The highest BCUT2D eigenvalue weighted by molar-refractivity contribution is 7.80. The number of thiol groups is 1. The molecule has 0 bridgehead atoms. The van der Waals surface area contributed by atoms with Crippen LogP contribution in [0.15, 0.2) is 33.9 Å². The Labute approximate surface area is 90.6 Å².